The molecular formula is C24H18F3N3O4. The van der Waals surface area contributed by atoms with Crippen molar-refractivity contribution >= 4 is 22.8 Å². The Kier molecular flexibility index (Phi) is 6.22. The van der Waals surface area contributed by atoms with Crippen molar-refractivity contribution in [3.63, 3.8) is 0 Å². The number of aromatic carboxylic acids is 1. The quantitative estimate of drug-likeness (QED) is 0.412. The van der Waals surface area contributed by atoms with Crippen molar-refractivity contribution in [2.75, 3.05) is 0 Å². The number of hydrogen-bond donors (Lipinski definition) is 2. The Hall–Kier alpha value is -4.34. The van der Waals surface area contributed by atoms with Crippen LogP contribution in [0.1, 0.15) is 32.0 Å². The molecule has 0 saturated heterocycles. The van der Waals surface area contributed by atoms with Gasteiger partial charge in [0.1, 0.15) is 5.75 Å². The van der Waals surface area contributed by atoms with Gasteiger partial charge in [0.2, 0.25) is 0 Å². The monoisotopic (exact) mass is 469 g/mol. The van der Waals surface area contributed by atoms with Crippen molar-refractivity contribution < 1.29 is 32.6 Å². The van der Waals surface area contributed by atoms with Crippen LogP contribution in [0.15, 0.2) is 72.8 Å². The highest BCUT2D eigenvalue weighted by atomic mass is 19.4. The SMILES string of the molecule is O=C(O)c1ccc(CNC(=O)c2nn(Cc3ccc(OC(F)(F)F)cc3)c3ccccc23)cc1. The summed E-state index contributed by atoms with van der Waals surface area (Å²) >= 11 is 0. The summed E-state index contributed by atoms with van der Waals surface area (Å²) in [6.07, 6.45) is -4.76. The van der Waals surface area contributed by atoms with Gasteiger partial charge in [-0.2, -0.15) is 5.10 Å². The Bertz CT molecular complexity index is 1330. The number of amides is 1. The number of para-hydroxylation sites is 1. The minimum Gasteiger partial charge on any atom is -0.478 e. The summed E-state index contributed by atoms with van der Waals surface area (Å²) < 4.78 is 42.6. The molecule has 7 nitrogen and oxygen atoms in total. The van der Waals surface area contributed by atoms with Crippen molar-refractivity contribution in [1.82, 2.24) is 15.1 Å². The molecule has 0 radical (unpaired) electrons. The molecule has 0 aliphatic heterocycles. The second-order valence-electron chi connectivity index (χ2n) is 7.40. The lowest BCUT2D eigenvalue weighted by Gasteiger charge is -2.09. The number of nitrogens with one attached hydrogen (secondary N) is 1. The molecule has 34 heavy (non-hydrogen) atoms. The predicted molar refractivity (Wildman–Crippen MR) is 117 cm³/mol. The number of carbonyl (C=O) groups excluding carboxylic acids is 1. The number of nitrogens with zero attached hydrogens (tertiary/aromatic N) is 2. The van der Waals surface area contributed by atoms with Crippen LogP contribution in [0, 0.1) is 0 Å². The van der Waals surface area contributed by atoms with E-state index in [1.165, 1.54) is 36.4 Å². The van der Waals surface area contributed by atoms with E-state index in [1.807, 2.05) is 0 Å². The van der Waals surface area contributed by atoms with Crippen LogP contribution in [0.3, 0.4) is 0 Å². The fourth-order valence-electron chi connectivity index (χ4n) is 3.42. The maximum atomic E-state index is 12.8. The molecule has 0 aliphatic carbocycles. The Balaban J connectivity index is 1.51. The van der Waals surface area contributed by atoms with Crippen molar-refractivity contribution in [3.05, 3.63) is 95.2 Å². The van der Waals surface area contributed by atoms with Crippen LogP contribution >= 0.6 is 0 Å². The van der Waals surface area contributed by atoms with Crippen LogP contribution in [-0.2, 0) is 13.1 Å². The minimum atomic E-state index is -4.76. The number of carboxylic acid groups (broad SMARTS) is 1. The normalized spacial score (nSPS) is 11.4. The van der Waals surface area contributed by atoms with E-state index in [2.05, 4.69) is 15.2 Å². The Morgan fingerprint density at radius 2 is 1.59 bits per heavy atom. The molecule has 2 N–H and O–H groups in total. The van der Waals surface area contributed by atoms with Crippen LogP contribution < -0.4 is 10.1 Å². The maximum absolute atomic E-state index is 12.8. The zero-order chi connectivity index (χ0) is 24.3. The first-order valence-electron chi connectivity index (χ1n) is 10.1. The van der Waals surface area contributed by atoms with Gasteiger partial charge >= 0.3 is 12.3 Å². The molecule has 1 amide bonds. The van der Waals surface area contributed by atoms with E-state index in [4.69, 9.17) is 5.11 Å². The number of alkyl halides is 3. The largest absolute Gasteiger partial charge is 0.573 e. The lowest BCUT2D eigenvalue weighted by molar-refractivity contribution is -0.274. The highest BCUT2D eigenvalue weighted by Gasteiger charge is 2.31. The standard InChI is InChI=1S/C24H18F3N3O4/c25-24(26,27)34-18-11-7-16(8-12-18)14-30-20-4-2-1-3-19(20)21(29-30)22(31)28-13-15-5-9-17(10-6-15)23(32)33/h1-12H,13-14H2,(H,28,31)(H,32,33). The zero-order valence-electron chi connectivity index (χ0n) is 17.5. The molecule has 0 bridgehead atoms. The summed E-state index contributed by atoms with van der Waals surface area (Å²) in [5, 5.41) is 16.8. The van der Waals surface area contributed by atoms with Gasteiger partial charge in [0.15, 0.2) is 5.69 Å². The first-order valence-corrected chi connectivity index (χ1v) is 10.1. The molecule has 3 aromatic carbocycles. The number of carboxylic acids is 1. The van der Waals surface area contributed by atoms with E-state index in [1.54, 1.807) is 41.1 Å². The van der Waals surface area contributed by atoms with E-state index in [-0.39, 0.29) is 30.1 Å². The van der Waals surface area contributed by atoms with Gasteiger partial charge in [-0.25, -0.2) is 4.79 Å². The molecule has 0 unspecified atom stereocenters. The van der Waals surface area contributed by atoms with Gasteiger partial charge < -0.3 is 15.2 Å². The van der Waals surface area contributed by atoms with Crippen molar-refractivity contribution in [1.29, 1.82) is 0 Å². The molecule has 0 atom stereocenters. The molecular weight excluding hydrogens is 451 g/mol. The lowest BCUT2D eigenvalue weighted by atomic mass is 10.1. The third kappa shape index (κ3) is 5.34. The first-order chi connectivity index (χ1) is 16.2. The van der Waals surface area contributed by atoms with Gasteiger partial charge in [-0.15, -0.1) is 13.2 Å². The van der Waals surface area contributed by atoms with Crippen LogP contribution in [0.5, 0.6) is 5.75 Å². The number of rotatable bonds is 7. The summed E-state index contributed by atoms with van der Waals surface area (Å²) in [5.41, 5.74) is 2.44. The predicted octanol–water partition coefficient (Wildman–Crippen LogP) is 4.61. The number of aromatic nitrogens is 2. The molecule has 0 saturated carbocycles. The maximum Gasteiger partial charge on any atom is 0.573 e. The van der Waals surface area contributed by atoms with E-state index in [0.717, 1.165) is 5.56 Å². The highest BCUT2D eigenvalue weighted by molar-refractivity contribution is 6.04. The smallest absolute Gasteiger partial charge is 0.478 e. The topological polar surface area (TPSA) is 93.5 Å². The minimum absolute atomic E-state index is 0.151. The number of ether oxygens (including phenoxy) is 1. The van der Waals surface area contributed by atoms with E-state index in [9.17, 15) is 22.8 Å². The third-order valence-electron chi connectivity index (χ3n) is 5.02. The Morgan fingerprint density at radius 3 is 2.24 bits per heavy atom. The van der Waals surface area contributed by atoms with Crippen LogP contribution in [0.25, 0.3) is 10.9 Å². The van der Waals surface area contributed by atoms with Crippen molar-refractivity contribution in [3.8, 4) is 5.75 Å². The van der Waals surface area contributed by atoms with Gasteiger partial charge in [-0.1, -0.05) is 42.5 Å². The molecule has 4 rings (SSSR count). The van der Waals surface area contributed by atoms with Crippen LogP contribution in [-0.4, -0.2) is 33.1 Å². The molecule has 4 aromatic rings. The summed E-state index contributed by atoms with van der Waals surface area (Å²) in [5.74, 6) is -1.76. The Morgan fingerprint density at radius 1 is 0.941 bits per heavy atom. The molecule has 174 valence electrons. The first kappa shape index (κ1) is 22.8. The van der Waals surface area contributed by atoms with Gasteiger partial charge in [0.25, 0.3) is 5.91 Å². The molecule has 1 heterocycles. The fraction of sp³-hybridized carbons (Fsp3) is 0.125. The average molecular weight is 469 g/mol. The molecule has 10 heteroatoms. The fourth-order valence-corrected chi connectivity index (χ4v) is 3.42. The third-order valence-corrected chi connectivity index (χ3v) is 5.02. The van der Waals surface area contributed by atoms with Crippen LogP contribution in [0.2, 0.25) is 0 Å². The van der Waals surface area contributed by atoms with Gasteiger partial charge in [0.05, 0.1) is 17.6 Å². The van der Waals surface area contributed by atoms with Crippen molar-refractivity contribution in [2.45, 2.75) is 19.5 Å². The number of halogens is 3. The second kappa shape index (κ2) is 9.26. The van der Waals surface area contributed by atoms with Crippen molar-refractivity contribution in [2.24, 2.45) is 0 Å². The molecule has 0 fully saturated rings. The summed E-state index contributed by atoms with van der Waals surface area (Å²) in [4.78, 5) is 23.8. The summed E-state index contributed by atoms with van der Waals surface area (Å²) in [6.45, 7) is 0.414. The lowest BCUT2D eigenvalue weighted by Crippen LogP contribution is -2.23. The molecule has 0 spiro atoms. The number of carbonyl (C=O) groups is 2. The van der Waals surface area contributed by atoms with E-state index in [0.29, 0.717) is 16.5 Å². The molecule has 0 aliphatic rings. The molecule has 1 aromatic heterocycles. The van der Waals surface area contributed by atoms with Gasteiger partial charge in [-0.3, -0.25) is 9.48 Å². The summed E-state index contributed by atoms with van der Waals surface area (Å²) in [6, 6.07) is 18.7. The summed E-state index contributed by atoms with van der Waals surface area (Å²) in [7, 11) is 0. The van der Waals surface area contributed by atoms with Crippen LogP contribution in [0.4, 0.5) is 13.2 Å². The average Bonchev–Trinajstić information content (AvgIpc) is 3.16. The van der Waals surface area contributed by atoms with Gasteiger partial charge in [-0.05, 0) is 41.5 Å². The zero-order valence-corrected chi connectivity index (χ0v) is 17.5. The van der Waals surface area contributed by atoms with E-state index < -0.39 is 18.2 Å². The van der Waals surface area contributed by atoms with Gasteiger partial charge in [0, 0.05) is 11.9 Å². The van der Waals surface area contributed by atoms with E-state index >= 15 is 0 Å². The highest BCUT2D eigenvalue weighted by Crippen LogP contribution is 2.24. The number of hydrogen-bond acceptors (Lipinski definition) is 4. The number of fused-ring (bicyclic) bond motifs is 1. The Labute approximate surface area is 191 Å². The number of benzene rings is 3. The second-order valence-corrected chi connectivity index (χ2v) is 7.40.